The maximum Gasteiger partial charge on any atom is 0.321 e. The highest BCUT2D eigenvalue weighted by Gasteiger charge is 2.25. The predicted molar refractivity (Wildman–Crippen MR) is 84.7 cm³/mol. The normalized spacial score (nSPS) is 18.4. The van der Waals surface area contributed by atoms with Crippen molar-refractivity contribution in [3.05, 3.63) is 27.7 Å². The monoisotopic (exact) mass is 374 g/mol. The lowest BCUT2D eigenvalue weighted by atomic mass is 9.95. The molecule has 7 heteroatoms. The highest BCUT2D eigenvalue weighted by molar-refractivity contribution is 9.10. The van der Waals surface area contributed by atoms with Crippen LogP contribution >= 0.6 is 27.5 Å². The Labute approximate surface area is 136 Å². The van der Waals surface area contributed by atoms with Crippen molar-refractivity contribution >= 4 is 45.2 Å². The first-order valence-electron chi connectivity index (χ1n) is 6.68. The lowest BCUT2D eigenvalue weighted by Crippen LogP contribution is -2.42. The fraction of sp³-hybridized carbons (Fsp3) is 0.429. The summed E-state index contributed by atoms with van der Waals surface area (Å²) in [4.78, 5) is 24.7. The van der Waals surface area contributed by atoms with E-state index in [2.05, 4.69) is 21.2 Å². The standard InChI is InChI=1S/C14H16BrClN2O3/c15-11-4-3-10(16)7-12(11)17-14(21)18-5-1-2-9(8-18)6-13(19)20/h3-4,7,9H,1-2,5-6,8H2,(H,17,21)(H,19,20). The van der Waals surface area contributed by atoms with Crippen LogP contribution in [-0.4, -0.2) is 35.1 Å². The van der Waals surface area contributed by atoms with Crippen molar-refractivity contribution in [1.82, 2.24) is 4.90 Å². The number of hydrogen-bond acceptors (Lipinski definition) is 2. The SMILES string of the molecule is O=C(O)CC1CCCN(C(=O)Nc2cc(Cl)ccc2Br)C1. The van der Waals surface area contributed by atoms with Crippen LogP contribution in [0.25, 0.3) is 0 Å². The van der Waals surface area contributed by atoms with Crippen molar-refractivity contribution in [3.8, 4) is 0 Å². The van der Waals surface area contributed by atoms with Crippen molar-refractivity contribution in [2.75, 3.05) is 18.4 Å². The maximum atomic E-state index is 12.3. The van der Waals surface area contributed by atoms with Crippen molar-refractivity contribution in [1.29, 1.82) is 0 Å². The highest BCUT2D eigenvalue weighted by atomic mass is 79.9. The molecule has 1 atom stereocenters. The van der Waals surface area contributed by atoms with Gasteiger partial charge < -0.3 is 15.3 Å². The van der Waals surface area contributed by atoms with E-state index in [4.69, 9.17) is 16.7 Å². The first-order valence-corrected chi connectivity index (χ1v) is 7.85. The zero-order valence-corrected chi connectivity index (χ0v) is 13.7. The molecule has 5 nitrogen and oxygen atoms in total. The van der Waals surface area contributed by atoms with Crippen LogP contribution in [0.15, 0.2) is 22.7 Å². The number of hydrogen-bond donors (Lipinski definition) is 2. The molecule has 1 saturated heterocycles. The summed E-state index contributed by atoms with van der Waals surface area (Å²) < 4.78 is 0.749. The molecule has 1 aliphatic rings. The molecule has 0 aliphatic carbocycles. The number of urea groups is 1. The van der Waals surface area contributed by atoms with Crippen LogP contribution in [0.4, 0.5) is 10.5 Å². The van der Waals surface area contributed by atoms with E-state index < -0.39 is 5.97 Å². The number of carbonyl (C=O) groups is 2. The van der Waals surface area contributed by atoms with Gasteiger partial charge in [0.15, 0.2) is 0 Å². The highest BCUT2D eigenvalue weighted by Crippen LogP contribution is 2.27. The fourth-order valence-electron chi connectivity index (χ4n) is 2.45. The summed E-state index contributed by atoms with van der Waals surface area (Å²) in [6, 6.07) is 4.93. The first-order chi connectivity index (χ1) is 9.95. The Morgan fingerprint density at radius 1 is 1.48 bits per heavy atom. The zero-order chi connectivity index (χ0) is 15.4. The summed E-state index contributed by atoms with van der Waals surface area (Å²) in [6.07, 6.45) is 1.77. The van der Waals surface area contributed by atoms with E-state index in [1.54, 1.807) is 23.1 Å². The van der Waals surface area contributed by atoms with Gasteiger partial charge in [-0.15, -0.1) is 0 Å². The minimum atomic E-state index is -0.820. The average Bonchev–Trinajstić information content (AvgIpc) is 2.42. The Bertz CT molecular complexity index is 553. The number of likely N-dealkylation sites (tertiary alicyclic amines) is 1. The molecule has 0 aromatic heterocycles. The number of carbonyl (C=O) groups excluding carboxylic acids is 1. The Kier molecular flexibility index (Phi) is 5.47. The molecule has 21 heavy (non-hydrogen) atoms. The fourth-order valence-corrected chi connectivity index (χ4v) is 2.97. The lowest BCUT2D eigenvalue weighted by Gasteiger charge is -2.32. The molecular formula is C14H16BrClN2O3. The number of halogens is 2. The third kappa shape index (κ3) is 4.61. The molecular weight excluding hydrogens is 360 g/mol. The quantitative estimate of drug-likeness (QED) is 0.844. The Balaban J connectivity index is 1.99. The molecule has 0 radical (unpaired) electrons. The van der Waals surface area contributed by atoms with E-state index in [1.165, 1.54) is 0 Å². The molecule has 1 aromatic carbocycles. The molecule has 1 unspecified atom stereocenters. The Morgan fingerprint density at radius 2 is 2.24 bits per heavy atom. The molecule has 0 spiro atoms. The third-order valence-electron chi connectivity index (χ3n) is 3.44. The molecule has 1 fully saturated rings. The number of anilines is 1. The Hall–Kier alpha value is -1.27. The van der Waals surface area contributed by atoms with Gasteiger partial charge in [0.2, 0.25) is 0 Å². The second-order valence-electron chi connectivity index (χ2n) is 5.11. The zero-order valence-electron chi connectivity index (χ0n) is 11.3. The number of piperidine rings is 1. The largest absolute Gasteiger partial charge is 0.481 e. The lowest BCUT2D eigenvalue weighted by molar-refractivity contribution is -0.138. The van der Waals surface area contributed by atoms with Gasteiger partial charge in [0.1, 0.15) is 0 Å². The predicted octanol–water partition coefficient (Wildman–Crippen LogP) is 3.82. The summed E-state index contributed by atoms with van der Waals surface area (Å²) in [7, 11) is 0. The van der Waals surface area contributed by atoms with Crippen LogP contribution in [0, 0.1) is 5.92 Å². The first kappa shape index (κ1) is 16.1. The average molecular weight is 376 g/mol. The van der Waals surface area contributed by atoms with Crippen LogP contribution in [0.2, 0.25) is 5.02 Å². The second-order valence-corrected chi connectivity index (χ2v) is 6.40. The van der Waals surface area contributed by atoms with E-state index in [-0.39, 0.29) is 18.4 Å². The number of nitrogens with one attached hydrogen (secondary N) is 1. The smallest absolute Gasteiger partial charge is 0.321 e. The van der Waals surface area contributed by atoms with Crippen molar-refractivity contribution in [2.45, 2.75) is 19.3 Å². The van der Waals surface area contributed by atoms with Crippen LogP contribution in [0.3, 0.4) is 0 Å². The van der Waals surface area contributed by atoms with Gasteiger partial charge in [-0.05, 0) is 52.9 Å². The molecule has 114 valence electrons. The van der Waals surface area contributed by atoms with Crippen LogP contribution in [-0.2, 0) is 4.79 Å². The molecule has 0 saturated carbocycles. The van der Waals surface area contributed by atoms with E-state index in [0.29, 0.717) is 23.8 Å². The van der Waals surface area contributed by atoms with Gasteiger partial charge in [0, 0.05) is 29.0 Å². The summed E-state index contributed by atoms with van der Waals surface area (Å²) >= 11 is 9.27. The molecule has 2 rings (SSSR count). The van der Waals surface area contributed by atoms with Crippen molar-refractivity contribution in [3.63, 3.8) is 0 Å². The number of rotatable bonds is 3. The number of carboxylic acids is 1. The van der Waals surface area contributed by atoms with Gasteiger partial charge in [-0.1, -0.05) is 11.6 Å². The molecule has 2 N–H and O–H groups in total. The maximum absolute atomic E-state index is 12.3. The Morgan fingerprint density at radius 3 is 2.95 bits per heavy atom. The summed E-state index contributed by atoms with van der Waals surface area (Å²) in [6.45, 7) is 1.11. The molecule has 1 aliphatic heterocycles. The molecule has 1 aromatic rings. The van der Waals surface area contributed by atoms with Gasteiger partial charge in [-0.2, -0.15) is 0 Å². The van der Waals surface area contributed by atoms with Crippen molar-refractivity contribution < 1.29 is 14.7 Å². The number of carboxylic acid groups (broad SMARTS) is 1. The minimum absolute atomic E-state index is 0.0183. The summed E-state index contributed by atoms with van der Waals surface area (Å²) in [5.74, 6) is -0.801. The van der Waals surface area contributed by atoms with Gasteiger partial charge in [-0.25, -0.2) is 4.79 Å². The van der Waals surface area contributed by atoms with E-state index >= 15 is 0 Å². The minimum Gasteiger partial charge on any atom is -0.481 e. The summed E-state index contributed by atoms with van der Waals surface area (Å²) in [5.41, 5.74) is 0.604. The molecule has 0 bridgehead atoms. The number of nitrogens with zero attached hydrogens (tertiary/aromatic N) is 1. The number of amides is 2. The topological polar surface area (TPSA) is 69.6 Å². The van der Waals surface area contributed by atoms with Crippen LogP contribution in [0.1, 0.15) is 19.3 Å². The van der Waals surface area contributed by atoms with Gasteiger partial charge >= 0.3 is 12.0 Å². The third-order valence-corrected chi connectivity index (χ3v) is 4.37. The second kappa shape index (κ2) is 7.13. The number of aliphatic carboxylic acids is 1. The number of benzene rings is 1. The van der Waals surface area contributed by atoms with Crippen LogP contribution < -0.4 is 5.32 Å². The van der Waals surface area contributed by atoms with Crippen LogP contribution in [0.5, 0.6) is 0 Å². The van der Waals surface area contributed by atoms with E-state index in [1.807, 2.05) is 0 Å². The van der Waals surface area contributed by atoms with Crippen molar-refractivity contribution in [2.24, 2.45) is 5.92 Å². The van der Waals surface area contributed by atoms with Gasteiger partial charge in [-0.3, -0.25) is 4.79 Å². The van der Waals surface area contributed by atoms with Gasteiger partial charge in [0.05, 0.1) is 5.69 Å². The molecule has 2 amide bonds. The molecule has 1 heterocycles. The van der Waals surface area contributed by atoms with E-state index in [9.17, 15) is 9.59 Å². The van der Waals surface area contributed by atoms with Gasteiger partial charge in [0.25, 0.3) is 0 Å². The summed E-state index contributed by atoms with van der Waals surface area (Å²) in [5, 5.41) is 12.2. The van der Waals surface area contributed by atoms with E-state index in [0.717, 1.165) is 17.3 Å².